The Kier molecular flexibility index (Phi) is 5.39. The number of aromatic nitrogens is 2. The summed E-state index contributed by atoms with van der Waals surface area (Å²) in [6, 6.07) is 21.1. The lowest BCUT2D eigenvalue weighted by molar-refractivity contribution is 0.0926. The molecule has 0 bridgehead atoms. The first-order chi connectivity index (χ1) is 14.1. The molecule has 4 aromatic rings. The van der Waals surface area contributed by atoms with Gasteiger partial charge in [-0.15, -0.1) is 0 Å². The van der Waals surface area contributed by atoms with E-state index in [9.17, 15) is 4.79 Å². The molecule has 2 aromatic carbocycles. The van der Waals surface area contributed by atoms with E-state index in [1.165, 1.54) is 0 Å². The van der Waals surface area contributed by atoms with Gasteiger partial charge < -0.3 is 4.42 Å². The van der Waals surface area contributed by atoms with E-state index in [-0.39, 0.29) is 5.76 Å². The zero-order chi connectivity index (χ0) is 20.2. The largest absolute Gasteiger partial charge is 0.444 e. The predicted molar refractivity (Wildman–Crippen MR) is 115 cm³/mol. The standard InChI is InChI=1S/C22H17BrN4O2/c1-15-6-5-7-16(12-15)21-17(14-27(26-21)18-8-3-2-4-9-18)13-24-25-22(28)19-10-11-20(23)29-19/h2-14H,1H3,(H,25,28). The van der Waals surface area contributed by atoms with Crippen LogP contribution in [0.4, 0.5) is 0 Å². The number of halogens is 1. The summed E-state index contributed by atoms with van der Waals surface area (Å²) in [5.41, 5.74) is 7.08. The van der Waals surface area contributed by atoms with Gasteiger partial charge in [-0.3, -0.25) is 4.79 Å². The van der Waals surface area contributed by atoms with Crippen LogP contribution in [0.2, 0.25) is 0 Å². The smallest absolute Gasteiger partial charge is 0.307 e. The van der Waals surface area contributed by atoms with E-state index in [1.807, 2.05) is 61.7 Å². The van der Waals surface area contributed by atoms with Crippen LogP contribution in [-0.4, -0.2) is 21.9 Å². The van der Waals surface area contributed by atoms with Crippen molar-refractivity contribution in [1.82, 2.24) is 15.2 Å². The first-order valence-corrected chi connectivity index (χ1v) is 9.70. The van der Waals surface area contributed by atoms with Gasteiger partial charge in [0.25, 0.3) is 0 Å². The van der Waals surface area contributed by atoms with Gasteiger partial charge in [0.15, 0.2) is 10.4 Å². The second kappa shape index (κ2) is 8.28. The SMILES string of the molecule is Cc1cccc(-c2nn(-c3ccccc3)cc2C=NNC(=O)c2ccc(Br)o2)c1. The highest BCUT2D eigenvalue weighted by Crippen LogP contribution is 2.23. The van der Waals surface area contributed by atoms with E-state index in [2.05, 4.69) is 32.5 Å². The second-order valence-electron chi connectivity index (χ2n) is 6.39. The third-order valence-electron chi connectivity index (χ3n) is 4.22. The van der Waals surface area contributed by atoms with Gasteiger partial charge >= 0.3 is 5.91 Å². The van der Waals surface area contributed by atoms with Gasteiger partial charge in [0.05, 0.1) is 11.9 Å². The van der Waals surface area contributed by atoms with E-state index >= 15 is 0 Å². The molecule has 0 saturated heterocycles. The molecule has 0 radical (unpaired) electrons. The molecule has 0 aliphatic carbocycles. The van der Waals surface area contributed by atoms with Crippen LogP contribution in [0.25, 0.3) is 16.9 Å². The van der Waals surface area contributed by atoms with Crippen molar-refractivity contribution in [2.24, 2.45) is 5.10 Å². The summed E-state index contributed by atoms with van der Waals surface area (Å²) >= 11 is 3.18. The molecule has 0 aliphatic rings. The average Bonchev–Trinajstić information content (AvgIpc) is 3.35. The summed E-state index contributed by atoms with van der Waals surface area (Å²) in [7, 11) is 0. The maximum absolute atomic E-state index is 12.1. The number of rotatable bonds is 5. The summed E-state index contributed by atoms with van der Waals surface area (Å²) in [5, 5.41) is 8.83. The minimum atomic E-state index is -0.431. The summed E-state index contributed by atoms with van der Waals surface area (Å²) in [4.78, 5) is 12.1. The first kappa shape index (κ1) is 18.9. The molecule has 0 unspecified atom stereocenters. The van der Waals surface area contributed by atoms with Crippen LogP contribution in [0.5, 0.6) is 0 Å². The number of nitrogens with zero attached hydrogens (tertiary/aromatic N) is 3. The number of amides is 1. The molecular formula is C22H17BrN4O2. The minimum absolute atomic E-state index is 0.174. The number of hydrogen-bond acceptors (Lipinski definition) is 4. The van der Waals surface area contributed by atoms with Crippen LogP contribution in [0.15, 0.2) is 87.1 Å². The van der Waals surface area contributed by atoms with Crippen molar-refractivity contribution in [1.29, 1.82) is 0 Å². The van der Waals surface area contributed by atoms with E-state index in [1.54, 1.807) is 23.0 Å². The molecule has 6 nitrogen and oxygen atoms in total. The Hall–Kier alpha value is -3.45. The van der Waals surface area contributed by atoms with Crippen molar-refractivity contribution in [3.63, 3.8) is 0 Å². The van der Waals surface area contributed by atoms with Crippen molar-refractivity contribution in [2.75, 3.05) is 0 Å². The van der Waals surface area contributed by atoms with Gasteiger partial charge in [0.1, 0.15) is 5.69 Å². The molecule has 0 spiro atoms. The summed E-state index contributed by atoms with van der Waals surface area (Å²) < 4.78 is 7.51. The van der Waals surface area contributed by atoms with Crippen molar-refractivity contribution in [2.45, 2.75) is 6.92 Å². The number of para-hydroxylation sites is 1. The molecule has 2 aromatic heterocycles. The number of carbonyl (C=O) groups is 1. The number of furan rings is 1. The summed E-state index contributed by atoms with van der Waals surface area (Å²) in [5.74, 6) is -0.257. The lowest BCUT2D eigenvalue weighted by atomic mass is 10.1. The zero-order valence-corrected chi connectivity index (χ0v) is 17.1. The maximum Gasteiger partial charge on any atom is 0.307 e. The molecular weight excluding hydrogens is 432 g/mol. The highest BCUT2D eigenvalue weighted by atomic mass is 79.9. The molecule has 1 N–H and O–H groups in total. The molecule has 7 heteroatoms. The van der Waals surface area contributed by atoms with Crippen molar-refractivity contribution >= 4 is 28.1 Å². The summed E-state index contributed by atoms with van der Waals surface area (Å²) in [6.07, 6.45) is 3.46. The number of aryl methyl sites for hydroxylation is 1. The topological polar surface area (TPSA) is 72.4 Å². The van der Waals surface area contributed by atoms with Crippen LogP contribution in [0.1, 0.15) is 21.7 Å². The first-order valence-electron chi connectivity index (χ1n) is 8.91. The highest BCUT2D eigenvalue weighted by molar-refractivity contribution is 9.10. The molecule has 29 heavy (non-hydrogen) atoms. The van der Waals surface area contributed by atoms with Gasteiger partial charge in [0, 0.05) is 17.3 Å². The van der Waals surface area contributed by atoms with Crippen molar-refractivity contribution in [3.8, 4) is 16.9 Å². The Balaban J connectivity index is 1.65. The third kappa shape index (κ3) is 4.35. The molecule has 1 amide bonds. The van der Waals surface area contributed by atoms with Crippen molar-refractivity contribution in [3.05, 3.63) is 94.5 Å². The second-order valence-corrected chi connectivity index (χ2v) is 7.17. The third-order valence-corrected chi connectivity index (χ3v) is 4.65. The summed E-state index contributed by atoms with van der Waals surface area (Å²) in [6.45, 7) is 2.03. The van der Waals surface area contributed by atoms with Crippen LogP contribution in [0, 0.1) is 6.92 Å². The minimum Gasteiger partial charge on any atom is -0.444 e. The van der Waals surface area contributed by atoms with E-state index in [0.717, 1.165) is 28.1 Å². The number of benzene rings is 2. The quantitative estimate of drug-likeness (QED) is 0.346. The van der Waals surface area contributed by atoms with Crippen molar-refractivity contribution < 1.29 is 9.21 Å². The van der Waals surface area contributed by atoms with Crippen LogP contribution in [0.3, 0.4) is 0 Å². The Labute approximate surface area is 176 Å². The number of nitrogens with one attached hydrogen (secondary N) is 1. The highest BCUT2D eigenvalue weighted by Gasteiger charge is 2.12. The normalized spacial score (nSPS) is 11.1. The Morgan fingerprint density at radius 2 is 1.97 bits per heavy atom. The predicted octanol–water partition coefficient (Wildman–Crippen LogP) is 4.97. The monoisotopic (exact) mass is 448 g/mol. The van der Waals surface area contributed by atoms with E-state index in [4.69, 9.17) is 9.52 Å². The molecule has 4 rings (SSSR count). The molecule has 2 heterocycles. The molecule has 0 atom stereocenters. The fourth-order valence-corrected chi connectivity index (χ4v) is 3.17. The fourth-order valence-electron chi connectivity index (χ4n) is 2.86. The molecule has 144 valence electrons. The van der Waals surface area contributed by atoms with Gasteiger partial charge in [-0.25, -0.2) is 10.1 Å². The van der Waals surface area contributed by atoms with Gasteiger partial charge in [-0.1, -0.05) is 42.0 Å². The van der Waals surface area contributed by atoms with Crippen LogP contribution >= 0.6 is 15.9 Å². The zero-order valence-electron chi connectivity index (χ0n) is 15.5. The average molecular weight is 449 g/mol. The molecule has 0 saturated carbocycles. The number of hydrazone groups is 1. The van der Waals surface area contributed by atoms with E-state index < -0.39 is 5.91 Å². The maximum atomic E-state index is 12.1. The lowest BCUT2D eigenvalue weighted by Crippen LogP contribution is -2.16. The van der Waals surface area contributed by atoms with Crippen LogP contribution < -0.4 is 5.43 Å². The fraction of sp³-hybridized carbons (Fsp3) is 0.0455. The Morgan fingerprint density at radius 3 is 2.69 bits per heavy atom. The molecule has 0 fully saturated rings. The van der Waals surface area contributed by atoms with Gasteiger partial charge in [0.2, 0.25) is 0 Å². The number of carbonyl (C=O) groups excluding carboxylic acids is 1. The Morgan fingerprint density at radius 1 is 1.14 bits per heavy atom. The molecule has 0 aliphatic heterocycles. The Bertz CT molecular complexity index is 1180. The van der Waals surface area contributed by atoms with Gasteiger partial charge in [-0.2, -0.15) is 10.2 Å². The van der Waals surface area contributed by atoms with Gasteiger partial charge in [-0.05, 0) is 53.2 Å². The number of hydrogen-bond donors (Lipinski definition) is 1. The van der Waals surface area contributed by atoms with Crippen LogP contribution in [-0.2, 0) is 0 Å². The van der Waals surface area contributed by atoms with E-state index in [0.29, 0.717) is 4.67 Å². The lowest BCUT2D eigenvalue weighted by Gasteiger charge is -2.01.